The second kappa shape index (κ2) is 8.55. The SMILES string of the molecule is O=C(CN1CCN(Cc2ccncc2)CC1)Nc1cccc(I)c1. The molecule has 2 aromatic rings. The van der Waals surface area contributed by atoms with Crippen molar-refractivity contribution in [3.63, 3.8) is 0 Å². The summed E-state index contributed by atoms with van der Waals surface area (Å²) in [4.78, 5) is 20.9. The normalized spacial score (nSPS) is 16.0. The average Bonchev–Trinajstić information content (AvgIpc) is 2.57. The molecule has 1 aromatic carbocycles. The molecule has 1 aromatic heterocycles. The van der Waals surface area contributed by atoms with Gasteiger partial charge in [-0.05, 0) is 58.5 Å². The fourth-order valence-corrected chi connectivity index (χ4v) is 3.36. The van der Waals surface area contributed by atoms with Crippen molar-refractivity contribution in [3.8, 4) is 0 Å². The average molecular weight is 436 g/mol. The Kier molecular flexibility index (Phi) is 6.17. The van der Waals surface area contributed by atoms with E-state index in [9.17, 15) is 4.79 Å². The van der Waals surface area contributed by atoms with Crippen LogP contribution in [0.2, 0.25) is 0 Å². The lowest BCUT2D eigenvalue weighted by Gasteiger charge is -2.34. The first-order valence-electron chi connectivity index (χ1n) is 8.08. The van der Waals surface area contributed by atoms with Gasteiger partial charge in [-0.2, -0.15) is 0 Å². The monoisotopic (exact) mass is 436 g/mol. The molecule has 0 unspecified atom stereocenters. The van der Waals surface area contributed by atoms with Gasteiger partial charge in [-0.1, -0.05) is 6.07 Å². The molecule has 1 N–H and O–H groups in total. The van der Waals surface area contributed by atoms with Crippen LogP contribution in [0.1, 0.15) is 5.56 Å². The van der Waals surface area contributed by atoms with Crippen LogP contribution >= 0.6 is 22.6 Å². The third kappa shape index (κ3) is 5.25. The van der Waals surface area contributed by atoms with Crippen LogP contribution in [0.3, 0.4) is 0 Å². The van der Waals surface area contributed by atoms with Crippen LogP contribution in [0, 0.1) is 3.57 Å². The maximum absolute atomic E-state index is 12.2. The van der Waals surface area contributed by atoms with Crippen molar-refractivity contribution in [2.75, 3.05) is 38.0 Å². The van der Waals surface area contributed by atoms with Gasteiger partial charge >= 0.3 is 0 Å². The summed E-state index contributed by atoms with van der Waals surface area (Å²) >= 11 is 2.25. The molecule has 24 heavy (non-hydrogen) atoms. The molecule has 1 fully saturated rings. The number of aromatic nitrogens is 1. The fourth-order valence-electron chi connectivity index (χ4n) is 2.82. The van der Waals surface area contributed by atoms with Gasteiger partial charge in [0.25, 0.3) is 0 Å². The van der Waals surface area contributed by atoms with Gasteiger partial charge in [-0.25, -0.2) is 0 Å². The Hall–Kier alpha value is -1.51. The van der Waals surface area contributed by atoms with Crippen LogP contribution in [0.15, 0.2) is 48.8 Å². The molecule has 1 saturated heterocycles. The topological polar surface area (TPSA) is 48.5 Å². The Bertz CT molecular complexity index is 672. The molecule has 1 aliphatic rings. The predicted molar refractivity (Wildman–Crippen MR) is 104 cm³/mol. The maximum Gasteiger partial charge on any atom is 0.238 e. The van der Waals surface area contributed by atoms with Gasteiger partial charge in [0.05, 0.1) is 6.54 Å². The standard InChI is InChI=1S/C18H21IN4O/c19-16-2-1-3-17(12-16)21-18(24)14-23-10-8-22(9-11-23)13-15-4-6-20-7-5-15/h1-7,12H,8-11,13-14H2,(H,21,24). The molecule has 2 heterocycles. The molecule has 126 valence electrons. The Morgan fingerprint density at radius 1 is 1.08 bits per heavy atom. The molecule has 1 aliphatic heterocycles. The highest BCUT2D eigenvalue weighted by atomic mass is 127. The predicted octanol–water partition coefficient (Wildman–Crippen LogP) is 2.44. The number of amides is 1. The highest BCUT2D eigenvalue weighted by Crippen LogP contribution is 2.13. The van der Waals surface area contributed by atoms with Crippen LogP contribution in [-0.4, -0.2) is 53.4 Å². The number of hydrogen-bond donors (Lipinski definition) is 1. The fraction of sp³-hybridized carbons (Fsp3) is 0.333. The first kappa shape index (κ1) is 17.3. The number of nitrogens with zero attached hydrogens (tertiary/aromatic N) is 3. The van der Waals surface area contributed by atoms with E-state index in [1.165, 1.54) is 5.56 Å². The van der Waals surface area contributed by atoms with Crippen LogP contribution < -0.4 is 5.32 Å². The van der Waals surface area contributed by atoms with Crippen LogP contribution in [0.25, 0.3) is 0 Å². The summed E-state index contributed by atoms with van der Waals surface area (Å²) in [6, 6.07) is 12.0. The Morgan fingerprint density at radius 3 is 2.50 bits per heavy atom. The summed E-state index contributed by atoms with van der Waals surface area (Å²) in [6.45, 7) is 5.22. The largest absolute Gasteiger partial charge is 0.325 e. The van der Waals surface area contributed by atoms with E-state index in [2.05, 4.69) is 54.8 Å². The van der Waals surface area contributed by atoms with Crippen molar-refractivity contribution < 1.29 is 4.79 Å². The molecule has 1 amide bonds. The first-order chi connectivity index (χ1) is 11.7. The van der Waals surface area contributed by atoms with E-state index in [-0.39, 0.29) is 5.91 Å². The number of benzene rings is 1. The molecule has 0 spiro atoms. The van der Waals surface area contributed by atoms with Crippen molar-refractivity contribution >= 4 is 34.2 Å². The van der Waals surface area contributed by atoms with Crippen molar-refractivity contribution in [1.82, 2.24) is 14.8 Å². The molecular weight excluding hydrogens is 415 g/mol. The number of carbonyl (C=O) groups excluding carboxylic acids is 1. The minimum atomic E-state index is 0.0552. The smallest absolute Gasteiger partial charge is 0.238 e. The molecule has 0 radical (unpaired) electrons. The third-order valence-corrected chi connectivity index (χ3v) is 4.77. The number of carbonyl (C=O) groups is 1. The highest BCUT2D eigenvalue weighted by Gasteiger charge is 2.19. The Labute approximate surface area is 156 Å². The number of hydrogen-bond acceptors (Lipinski definition) is 4. The Balaban J connectivity index is 1.42. The van der Waals surface area contributed by atoms with Gasteiger partial charge < -0.3 is 5.32 Å². The maximum atomic E-state index is 12.2. The van der Waals surface area contributed by atoms with Crippen molar-refractivity contribution in [3.05, 3.63) is 57.9 Å². The molecular formula is C18H21IN4O. The van der Waals surface area contributed by atoms with Crippen molar-refractivity contribution in [1.29, 1.82) is 0 Å². The Morgan fingerprint density at radius 2 is 1.79 bits per heavy atom. The number of piperazine rings is 1. The molecule has 0 aliphatic carbocycles. The van der Waals surface area contributed by atoms with E-state index in [0.717, 1.165) is 42.0 Å². The van der Waals surface area contributed by atoms with Crippen molar-refractivity contribution in [2.24, 2.45) is 0 Å². The summed E-state index contributed by atoms with van der Waals surface area (Å²) < 4.78 is 1.12. The molecule has 6 heteroatoms. The van der Waals surface area contributed by atoms with Gasteiger partial charge in [-0.3, -0.25) is 19.6 Å². The lowest BCUT2D eigenvalue weighted by molar-refractivity contribution is -0.117. The summed E-state index contributed by atoms with van der Waals surface area (Å²) in [6.07, 6.45) is 3.67. The lowest BCUT2D eigenvalue weighted by atomic mass is 10.2. The van der Waals surface area contributed by atoms with Crippen LogP contribution in [0.4, 0.5) is 5.69 Å². The van der Waals surface area contributed by atoms with Gasteiger partial charge in [0.1, 0.15) is 0 Å². The van der Waals surface area contributed by atoms with Crippen molar-refractivity contribution in [2.45, 2.75) is 6.54 Å². The summed E-state index contributed by atoms with van der Waals surface area (Å²) in [5.41, 5.74) is 2.15. The minimum Gasteiger partial charge on any atom is -0.325 e. The molecule has 0 bridgehead atoms. The van der Waals surface area contributed by atoms with E-state index in [1.54, 1.807) is 0 Å². The number of rotatable bonds is 5. The van der Waals surface area contributed by atoms with E-state index >= 15 is 0 Å². The van der Waals surface area contributed by atoms with Gasteiger partial charge in [-0.15, -0.1) is 0 Å². The minimum absolute atomic E-state index is 0.0552. The van der Waals surface area contributed by atoms with E-state index in [1.807, 2.05) is 36.7 Å². The highest BCUT2D eigenvalue weighted by molar-refractivity contribution is 14.1. The number of anilines is 1. The lowest BCUT2D eigenvalue weighted by Crippen LogP contribution is -2.48. The summed E-state index contributed by atoms with van der Waals surface area (Å²) in [5.74, 6) is 0.0552. The zero-order chi connectivity index (χ0) is 16.8. The van der Waals surface area contributed by atoms with Gasteiger partial charge in [0, 0.05) is 54.4 Å². The molecule has 3 rings (SSSR count). The molecule has 0 atom stereocenters. The third-order valence-electron chi connectivity index (χ3n) is 4.10. The quantitative estimate of drug-likeness (QED) is 0.732. The summed E-state index contributed by atoms with van der Waals surface area (Å²) in [7, 11) is 0. The van der Waals surface area contributed by atoms with E-state index < -0.39 is 0 Å². The van der Waals surface area contributed by atoms with Crippen LogP contribution in [-0.2, 0) is 11.3 Å². The van der Waals surface area contributed by atoms with Gasteiger partial charge in [0.2, 0.25) is 5.91 Å². The number of pyridine rings is 1. The second-order valence-electron chi connectivity index (χ2n) is 5.97. The van der Waals surface area contributed by atoms with Crippen LogP contribution in [0.5, 0.6) is 0 Å². The summed E-state index contributed by atoms with van der Waals surface area (Å²) in [5, 5.41) is 2.98. The number of halogens is 1. The molecule has 5 nitrogen and oxygen atoms in total. The first-order valence-corrected chi connectivity index (χ1v) is 9.16. The zero-order valence-corrected chi connectivity index (χ0v) is 15.6. The van der Waals surface area contributed by atoms with E-state index in [0.29, 0.717) is 6.54 Å². The molecule has 0 saturated carbocycles. The number of nitrogens with one attached hydrogen (secondary N) is 1. The van der Waals surface area contributed by atoms with E-state index in [4.69, 9.17) is 0 Å². The second-order valence-corrected chi connectivity index (χ2v) is 7.21. The van der Waals surface area contributed by atoms with Gasteiger partial charge in [0.15, 0.2) is 0 Å². The zero-order valence-electron chi connectivity index (χ0n) is 13.5.